The summed E-state index contributed by atoms with van der Waals surface area (Å²) in [7, 11) is 1.48. The first kappa shape index (κ1) is 17.6. The number of fused-ring (bicyclic) bond motifs is 1. The van der Waals surface area contributed by atoms with Crippen molar-refractivity contribution in [1.29, 1.82) is 0 Å². The van der Waals surface area contributed by atoms with E-state index in [-0.39, 0.29) is 22.2 Å². The van der Waals surface area contributed by atoms with Crippen LogP contribution in [-0.4, -0.2) is 20.7 Å². The molecule has 3 rings (SSSR count). The van der Waals surface area contributed by atoms with Crippen LogP contribution in [0.4, 0.5) is 5.69 Å². The minimum absolute atomic E-state index is 0.129. The topological polar surface area (TPSA) is 96.8 Å². The van der Waals surface area contributed by atoms with Gasteiger partial charge in [-0.15, -0.1) is 0 Å². The van der Waals surface area contributed by atoms with Crippen molar-refractivity contribution < 1.29 is 4.79 Å². The summed E-state index contributed by atoms with van der Waals surface area (Å²) >= 11 is 0. The number of anilines is 1. The fraction of sp³-hybridized carbons (Fsp3) is 0.263. The number of benzene rings is 1. The second-order valence-corrected chi connectivity index (χ2v) is 7.19. The van der Waals surface area contributed by atoms with Crippen LogP contribution in [0.25, 0.3) is 10.9 Å². The predicted molar refractivity (Wildman–Crippen MR) is 101 cm³/mol. The number of hydrogen-bond acceptors (Lipinski definition) is 4. The Morgan fingerprint density at radius 1 is 1.12 bits per heavy atom. The summed E-state index contributed by atoms with van der Waals surface area (Å²) < 4.78 is 1.10. The molecule has 7 heteroatoms. The summed E-state index contributed by atoms with van der Waals surface area (Å²) in [4.78, 5) is 38.5. The van der Waals surface area contributed by atoms with E-state index in [1.54, 1.807) is 18.2 Å². The summed E-state index contributed by atoms with van der Waals surface area (Å²) in [6.07, 6.45) is 0. The molecule has 1 amide bonds. The molecule has 0 aliphatic heterocycles. The van der Waals surface area contributed by atoms with Crippen molar-refractivity contribution in [3.8, 4) is 0 Å². The second kappa shape index (κ2) is 6.25. The monoisotopic (exact) mass is 352 g/mol. The lowest BCUT2D eigenvalue weighted by molar-refractivity contribution is 0.102. The highest BCUT2D eigenvalue weighted by atomic mass is 16.2. The van der Waals surface area contributed by atoms with E-state index in [2.05, 4.69) is 15.4 Å². The van der Waals surface area contributed by atoms with Crippen molar-refractivity contribution in [3.63, 3.8) is 0 Å². The molecule has 0 atom stereocenters. The van der Waals surface area contributed by atoms with Crippen LogP contribution < -0.4 is 16.4 Å². The molecule has 0 unspecified atom stereocenters. The molecule has 2 N–H and O–H groups in total. The third-order valence-electron chi connectivity index (χ3n) is 4.10. The fourth-order valence-corrected chi connectivity index (χ4v) is 2.78. The van der Waals surface area contributed by atoms with E-state index in [4.69, 9.17) is 0 Å². The van der Waals surface area contributed by atoms with Crippen molar-refractivity contribution in [1.82, 2.24) is 14.8 Å². The number of aromatic nitrogens is 3. The van der Waals surface area contributed by atoms with Gasteiger partial charge in [0, 0.05) is 30.3 Å². The normalized spacial score (nSPS) is 11.5. The van der Waals surface area contributed by atoms with E-state index in [0.717, 1.165) is 15.6 Å². The van der Waals surface area contributed by atoms with Crippen LogP contribution in [0.15, 0.2) is 46.0 Å². The molecule has 1 aromatic carbocycles. The van der Waals surface area contributed by atoms with Crippen LogP contribution in [0.2, 0.25) is 0 Å². The Morgan fingerprint density at radius 2 is 1.85 bits per heavy atom. The Kier molecular flexibility index (Phi) is 4.23. The Balaban J connectivity index is 1.99. The highest BCUT2D eigenvalue weighted by molar-refractivity contribution is 6.03. The fourth-order valence-electron chi connectivity index (χ4n) is 2.78. The zero-order chi connectivity index (χ0) is 19.1. The average Bonchev–Trinajstić information content (AvgIpc) is 2.55. The standard InChI is InChI=1S/C19H20N4O3/c1-19(2,3)13-10-16(24)21-15-9-11(5-6-12(13)15)20-18(26)14-7-8-17(25)23(4)22-14/h5-10H,1-4H3,(H,20,26)(H,21,24). The molecule has 0 fully saturated rings. The van der Waals surface area contributed by atoms with Crippen LogP contribution >= 0.6 is 0 Å². The van der Waals surface area contributed by atoms with Gasteiger partial charge in [-0.2, -0.15) is 5.10 Å². The molecule has 2 aromatic heterocycles. The molecule has 0 bridgehead atoms. The Bertz CT molecular complexity index is 1120. The Labute approximate surface area is 149 Å². The zero-order valence-electron chi connectivity index (χ0n) is 15.1. The molecule has 2 heterocycles. The number of aromatic amines is 1. The molecule has 0 spiro atoms. The molecule has 26 heavy (non-hydrogen) atoms. The molecule has 0 aliphatic carbocycles. The summed E-state index contributed by atoms with van der Waals surface area (Å²) in [6, 6.07) is 9.62. The third-order valence-corrected chi connectivity index (χ3v) is 4.10. The zero-order valence-corrected chi connectivity index (χ0v) is 15.1. The quantitative estimate of drug-likeness (QED) is 0.739. The van der Waals surface area contributed by atoms with Gasteiger partial charge in [0.05, 0.1) is 5.52 Å². The van der Waals surface area contributed by atoms with Gasteiger partial charge in [-0.3, -0.25) is 14.4 Å². The number of H-pyrrole nitrogens is 1. The summed E-state index contributed by atoms with van der Waals surface area (Å²) in [5, 5.41) is 7.59. The molecule has 0 aliphatic rings. The van der Waals surface area contributed by atoms with E-state index in [1.165, 1.54) is 19.2 Å². The largest absolute Gasteiger partial charge is 0.322 e. The van der Waals surface area contributed by atoms with Crippen LogP contribution in [0.1, 0.15) is 36.8 Å². The lowest BCUT2D eigenvalue weighted by atomic mass is 9.85. The minimum atomic E-state index is -0.436. The highest BCUT2D eigenvalue weighted by Crippen LogP contribution is 2.29. The first-order valence-electron chi connectivity index (χ1n) is 8.18. The lowest BCUT2D eigenvalue weighted by Gasteiger charge is -2.21. The maximum Gasteiger partial charge on any atom is 0.276 e. The summed E-state index contributed by atoms with van der Waals surface area (Å²) in [5.41, 5.74) is 1.58. The molecule has 134 valence electrons. The van der Waals surface area contributed by atoms with Gasteiger partial charge in [-0.25, -0.2) is 4.68 Å². The van der Waals surface area contributed by atoms with E-state index in [0.29, 0.717) is 11.2 Å². The molecule has 0 saturated heterocycles. The van der Waals surface area contributed by atoms with Crippen molar-refractivity contribution in [2.75, 3.05) is 5.32 Å². The minimum Gasteiger partial charge on any atom is -0.322 e. The maximum atomic E-state index is 12.3. The third kappa shape index (κ3) is 3.42. The molecular formula is C19H20N4O3. The van der Waals surface area contributed by atoms with Crippen LogP contribution in [-0.2, 0) is 12.5 Å². The number of carbonyl (C=O) groups is 1. The number of hydrogen-bond donors (Lipinski definition) is 2. The molecule has 0 saturated carbocycles. The van der Waals surface area contributed by atoms with Crippen LogP contribution in [0.5, 0.6) is 0 Å². The Morgan fingerprint density at radius 3 is 2.50 bits per heavy atom. The second-order valence-electron chi connectivity index (χ2n) is 7.19. The molecule has 0 radical (unpaired) electrons. The SMILES string of the molecule is Cn1nc(C(=O)Nc2ccc3c(C(C)(C)C)cc(=O)[nH]c3c2)ccc1=O. The highest BCUT2D eigenvalue weighted by Gasteiger charge is 2.18. The summed E-state index contributed by atoms with van der Waals surface area (Å²) in [5.74, 6) is -0.436. The number of carbonyl (C=O) groups excluding carboxylic acids is 1. The van der Waals surface area contributed by atoms with Crippen molar-refractivity contribution in [3.05, 3.63) is 68.4 Å². The molecule has 3 aromatic rings. The number of amides is 1. The van der Waals surface area contributed by atoms with Crippen molar-refractivity contribution in [2.45, 2.75) is 26.2 Å². The number of nitrogens with one attached hydrogen (secondary N) is 2. The summed E-state index contributed by atoms with van der Waals surface area (Å²) in [6.45, 7) is 6.13. The number of pyridine rings is 1. The first-order valence-corrected chi connectivity index (χ1v) is 8.18. The van der Waals surface area contributed by atoms with Crippen molar-refractivity contribution in [2.24, 2.45) is 7.05 Å². The van der Waals surface area contributed by atoms with Gasteiger partial charge in [-0.05, 0) is 29.2 Å². The van der Waals surface area contributed by atoms with Gasteiger partial charge in [0.25, 0.3) is 11.5 Å². The smallest absolute Gasteiger partial charge is 0.276 e. The van der Waals surface area contributed by atoms with E-state index < -0.39 is 5.91 Å². The molecular weight excluding hydrogens is 332 g/mol. The van der Waals surface area contributed by atoms with Gasteiger partial charge in [-0.1, -0.05) is 26.8 Å². The van der Waals surface area contributed by atoms with Gasteiger partial charge in [0.1, 0.15) is 5.69 Å². The van der Waals surface area contributed by atoms with E-state index in [9.17, 15) is 14.4 Å². The average molecular weight is 352 g/mol. The molecule has 7 nitrogen and oxygen atoms in total. The van der Waals surface area contributed by atoms with Crippen LogP contribution in [0.3, 0.4) is 0 Å². The van der Waals surface area contributed by atoms with Crippen molar-refractivity contribution >= 4 is 22.5 Å². The van der Waals surface area contributed by atoms with E-state index >= 15 is 0 Å². The van der Waals surface area contributed by atoms with Gasteiger partial charge in [0.15, 0.2) is 0 Å². The number of aryl methyl sites for hydroxylation is 1. The van der Waals surface area contributed by atoms with Gasteiger partial charge >= 0.3 is 0 Å². The first-order chi connectivity index (χ1) is 12.1. The van der Waals surface area contributed by atoms with Crippen LogP contribution in [0, 0.1) is 0 Å². The predicted octanol–water partition coefficient (Wildman–Crippen LogP) is 2.17. The number of rotatable bonds is 2. The Hall–Kier alpha value is -3.22. The maximum absolute atomic E-state index is 12.3. The van der Waals surface area contributed by atoms with E-state index in [1.807, 2.05) is 26.8 Å². The lowest BCUT2D eigenvalue weighted by Crippen LogP contribution is -2.23. The van der Waals surface area contributed by atoms with Gasteiger partial charge in [0.2, 0.25) is 5.56 Å². The number of nitrogens with zero attached hydrogens (tertiary/aromatic N) is 2. The van der Waals surface area contributed by atoms with Gasteiger partial charge < -0.3 is 10.3 Å².